The highest BCUT2D eigenvalue weighted by atomic mass is 32.2. The van der Waals surface area contributed by atoms with Crippen LogP contribution in [0.2, 0.25) is 0 Å². The third kappa shape index (κ3) is 4.93. The fourth-order valence-corrected chi connectivity index (χ4v) is 8.93. The second kappa shape index (κ2) is 12.1. The smallest absolute Gasteiger partial charge is 0.311 e. The number of fused-ring (bicyclic) bond motifs is 1. The molecule has 1 aromatic carbocycles. The number of benzene rings is 1. The fourth-order valence-electron chi connectivity index (χ4n) is 6.73. The number of thioether (sulfide) groups is 1. The van der Waals surface area contributed by atoms with Crippen LogP contribution in [0.1, 0.15) is 49.7 Å². The number of aliphatic hydroxyl groups excluding tert-OH is 1. The number of aryl methyl sites for hydroxylation is 2. The molecule has 0 saturated carbocycles. The quantitative estimate of drug-likeness (QED) is 0.229. The Balaban J connectivity index is 1.73. The monoisotopic (exact) mass is 540 g/mol. The van der Waals surface area contributed by atoms with E-state index in [4.69, 9.17) is 9.84 Å². The highest BCUT2D eigenvalue weighted by Gasteiger charge is 2.74. The SMILES string of the molecule is C=CCOC(=O)[C@@H]1[C@@H]2CCC3(S2)C(C(=O)N(CC=C)c2c(C)cccc2C)N(CCCCCCO)C(=O)[C@H]13. The predicted molar refractivity (Wildman–Crippen MR) is 151 cm³/mol. The normalized spacial score (nSPS) is 27.3. The van der Waals surface area contributed by atoms with E-state index in [1.807, 2.05) is 32.0 Å². The molecule has 1 spiro atoms. The number of ether oxygens (including phenoxy) is 1. The molecule has 2 unspecified atom stereocenters. The minimum atomic E-state index is -0.663. The number of hydrogen-bond acceptors (Lipinski definition) is 6. The van der Waals surface area contributed by atoms with Gasteiger partial charge in [-0.3, -0.25) is 14.4 Å². The average Bonchev–Trinajstić information content (AvgIpc) is 3.53. The molecule has 7 nitrogen and oxygen atoms in total. The molecule has 1 N–H and O–H groups in total. The molecule has 3 aliphatic rings. The van der Waals surface area contributed by atoms with E-state index >= 15 is 0 Å². The summed E-state index contributed by atoms with van der Waals surface area (Å²) < 4.78 is 4.80. The Morgan fingerprint density at radius 3 is 2.55 bits per heavy atom. The summed E-state index contributed by atoms with van der Waals surface area (Å²) in [7, 11) is 0. The van der Waals surface area contributed by atoms with Crippen molar-refractivity contribution in [3.05, 3.63) is 54.6 Å². The summed E-state index contributed by atoms with van der Waals surface area (Å²) in [5.74, 6) is -1.71. The maximum atomic E-state index is 14.6. The van der Waals surface area contributed by atoms with Crippen LogP contribution < -0.4 is 4.90 Å². The maximum Gasteiger partial charge on any atom is 0.311 e. The lowest BCUT2D eigenvalue weighted by molar-refractivity contribution is -0.153. The molecule has 8 heteroatoms. The summed E-state index contributed by atoms with van der Waals surface area (Å²) >= 11 is 1.65. The van der Waals surface area contributed by atoms with E-state index in [-0.39, 0.29) is 36.2 Å². The lowest BCUT2D eigenvalue weighted by Gasteiger charge is -2.38. The number of unbranched alkanes of at least 4 members (excludes halogenated alkanes) is 3. The Kier molecular flexibility index (Phi) is 9.04. The second-order valence-electron chi connectivity index (χ2n) is 10.6. The van der Waals surface area contributed by atoms with Crippen molar-refractivity contribution >= 4 is 35.2 Å². The van der Waals surface area contributed by atoms with E-state index in [0.29, 0.717) is 13.1 Å². The summed E-state index contributed by atoms with van der Waals surface area (Å²) in [4.78, 5) is 45.4. The van der Waals surface area contributed by atoms with Crippen molar-refractivity contribution in [2.24, 2.45) is 11.8 Å². The van der Waals surface area contributed by atoms with Crippen molar-refractivity contribution in [2.45, 2.75) is 68.4 Å². The van der Waals surface area contributed by atoms with Crippen LogP contribution in [-0.4, -0.2) is 70.1 Å². The largest absolute Gasteiger partial charge is 0.461 e. The maximum absolute atomic E-state index is 14.6. The van der Waals surface area contributed by atoms with Gasteiger partial charge >= 0.3 is 5.97 Å². The summed E-state index contributed by atoms with van der Waals surface area (Å²) in [6.45, 7) is 12.6. The van der Waals surface area contributed by atoms with Gasteiger partial charge in [-0.15, -0.1) is 18.3 Å². The van der Waals surface area contributed by atoms with E-state index in [1.165, 1.54) is 6.08 Å². The number of amides is 2. The zero-order chi connectivity index (χ0) is 27.4. The molecule has 3 aliphatic heterocycles. The molecule has 3 saturated heterocycles. The van der Waals surface area contributed by atoms with Crippen LogP contribution in [0.4, 0.5) is 5.69 Å². The van der Waals surface area contributed by atoms with E-state index in [1.54, 1.807) is 27.6 Å². The van der Waals surface area contributed by atoms with Gasteiger partial charge in [-0.1, -0.05) is 49.8 Å². The molecule has 0 radical (unpaired) electrons. The van der Waals surface area contributed by atoms with Crippen molar-refractivity contribution in [1.29, 1.82) is 0 Å². The first-order valence-corrected chi connectivity index (χ1v) is 14.6. The Hall–Kier alpha value is -2.58. The number of carbonyl (C=O) groups is 3. The van der Waals surface area contributed by atoms with Gasteiger partial charge in [0.2, 0.25) is 5.91 Å². The third-order valence-corrected chi connectivity index (χ3v) is 10.2. The van der Waals surface area contributed by atoms with Gasteiger partial charge in [0.25, 0.3) is 5.91 Å². The molecular weight excluding hydrogens is 500 g/mol. The summed E-state index contributed by atoms with van der Waals surface area (Å²) in [6.07, 6.45) is 7.94. The van der Waals surface area contributed by atoms with Gasteiger partial charge in [0, 0.05) is 30.6 Å². The number of aliphatic hydroxyl groups is 1. The lowest BCUT2D eigenvalue weighted by Crippen LogP contribution is -2.55. The summed E-state index contributed by atoms with van der Waals surface area (Å²) in [5, 5.41) is 9.11. The Labute approximate surface area is 230 Å². The van der Waals surface area contributed by atoms with Gasteiger partial charge < -0.3 is 19.6 Å². The highest BCUT2D eigenvalue weighted by Crippen LogP contribution is 2.66. The van der Waals surface area contributed by atoms with Crippen LogP contribution >= 0.6 is 11.8 Å². The number of para-hydroxylation sites is 1. The molecule has 1 aromatic rings. The summed E-state index contributed by atoms with van der Waals surface area (Å²) in [6, 6.07) is 5.30. The Bertz CT molecular complexity index is 1070. The molecule has 5 atom stereocenters. The first-order chi connectivity index (χ1) is 18.3. The summed E-state index contributed by atoms with van der Waals surface area (Å²) in [5.41, 5.74) is 2.83. The fraction of sp³-hybridized carbons (Fsp3) is 0.567. The average molecular weight is 541 g/mol. The molecule has 4 rings (SSSR count). The molecule has 2 bridgehead atoms. The first-order valence-electron chi connectivity index (χ1n) is 13.7. The lowest BCUT2D eigenvalue weighted by atomic mass is 9.71. The number of esters is 1. The van der Waals surface area contributed by atoms with Gasteiger partial charge in [-0.25, -0.2) is 0 Å². The van der Waals surface area contributed by atoms with Gasteiger partial charge in [0.15, 0.2) is 0 Å². The van der Waals surface area contributed by atoms with E-state index in [9.17, 15) is 14.4 Å². The van der Waals surface area contributed by atoms with Crippen molar-refractivity contribution in [1.82, 2.24) is 4.90 Å². The number of likely N-dealkylation sites (tertiary alicyclic amines) is 1. The number of anilines is 1. The van der Waals surface area contributed by atoms with Gasteiger partial charge in [-0.05, 0) is 50.7 Å². The van der Waals surface area contributed by atoms with Crippen molar-refractivity contribution in [2.75, 3.05) is 31.2 Å². The number of carbonyl (C=O) groups excluding carboxylic acids is 3. The Morgan fingerprint density at radius 2 is 1.89 bits per heavy atom. The zero-order valence-corrected chi connectivity index (χ0v) is 23.4. The number of hydrogen-bond donors (Lipinski definition) is 1. The van der Waals surface area contributed by atoms with Gasteiger partial charge in [-0.2, -0.15) is 0 Å². The molecule has 38 heavy (non-hydrogen) atoms. The standard InChI is InChI=1S/C30H40N2O5S/c1-5-16-31(25-20(3)12-11-13-21(25)4)28(35)26-30-15-14-22(38-30)23(29(36)37-19-6-2)24(30)27(34)32(26)17-9-7-8-10-18-33/h5-6,11-13,22-24,26,33H,1-2,7-10,14-19H2,3-4H3/t22-,23+,24-,26?,30?/m0/s1. The third-order valence-electron chi connectivity index (χ3n) is 8.24. The van der Waals surface area contributed by atoms with Crippen LogP contribution in [0.5, 0.6) is 0 Å². The Morgan fingerprint density at radius 1 is 1.18 bits per heavy atom. The zero-order valence-electron chi connectivity index (χ0n) is 22.6. The van der Waals surface area contributed by atoms with Crippen molar-refractivity contribution in [3.8, 4) is 0 Å². The van der Waals surface area contributed by atoms with Crippen LogP contribution in [0.25, 0.3) is 0 Å². The molecule has 3 fully saturated rings. The van der Waals surface area contributed by atoms with Crippen molar-refractivity contribution in [3.63, 3.8) is 0 Å². The first kappa shape index (κ1) is 28.4. The predicted octanol–water partition coefficient (Wildman–Crippen LogP) is 4.20. The molecular formula is C30H40N2O5S. The number of rotatable bonds is 13. The van der Waals surface area contributed by atoms with Crippen LogP contribution in [0.3, 0.4) is 0 Å². The van der Waals surface area contributed by atoms with Gasteiger partial charge in [0.1, 0.15) is 12.6 Å². The van der Waals surface area contributed by atoms with Crippen LogP contribution in [0, 0.1) is 25.7 Å². The topological polar surface area (TPSA) is 87.2 Å². The van der Waals surface area contributed by atoms with Crippen LogP contribution in [0.15, 0.2) is 43.5 Å². The van der Waals surface area contributed by atoms with Gasteiger partial charge in [0.05, 0.1) is 16.6 Å². The molecule has 0 aliphatic carbocycles. The van der Waals surface area contributed by atoms with Crippen molar-refractivity contribution < 1.29 is 24.2 Å². The second-order valence-corrected chi connectivity index (χ2v) is 12.2. The van der Waals surface area contributed by atoms with E-state index in [0.717, 1.165) is 55.3 Å². The molecule has 3 heterocycles. The number of nitrogens with zero attached hydrogens (tertiary/aromatic N) is 2. The van der Waals surface area contributed by atoms with E-state index in [2.05, 4.69) is 13.2 Å². The highest BCUT2D eigenvalue weighted by molar-refractivity contribution is 8.02. The van der Waals surface area contributed by atoms with Crippen LogP contribution in [-0.2, 0) is 19.1 Å². The minimum Gasteiger partial charge on any atom is -0.461 e. The molecule has 0 aromatic heterocycles. The van der Waals surface area contributed by atoms with E-state index < -0.39 is 22.6 Å². The molecule has 2 amide bonds. The minimum absolute atomic E-state index is 0.0312. The molecule has 206 valence electrons.